The summed E-state index contributed by atoms with van der Waals surface area (Å²) in [5.41, 5.74) is 3.04. The molecule has 2 rings (SSSR count). The molecule has 2 aromatic rings. The minimum Gasteiger partial charge on any atom is -0.295 e. The number of benzene rings is 1. The lowest BCUT2D eigenvalue weighted by Crippen LogP contribution is -2.13. The molecule has 0 radical (unpaired) electrons. The quantitative estimate of drug-likeness (QED) is 0.865. The van der Waals surface area contributed by atoms with Crippen LogP contribution in [0, 0.1) is 12.8 Å². The summed E-state index contributed by atoms with van der Waals surface area (Å²) >= 11 is 0. The molecule has 90 valence electrons. The van der Waals surface area contributed by atoms with Gasteiger partial charge < -0.3 is 0 Å². The van der Waals surface area contributed by atoms with Gasteiger partial charge in [0.2, 0.25) is 0 Å². The Hall–Kier alpha value is -1.77. The van der Waals surface area contributed by atoms with Crippen molar-refractivity contribution in [3.63, 3.8) is 0 Å². The Morgan fingerprint density at radius 2 is 2.06 bits per heavy atom. The third-order valence-electron chi connectivity index (χ3n) is 2.66. The summed E-state index contributed by atoms with van der Waals surface area (Å²) in [6.07, 6.45) is 0.897. The second-order valence-electron chi connectivity index (χ2n) is 4.89. The van der Waals surface area contributed by atoms with Crippen molar-refractivity contribution < 1.29 is 0 Å². The second kappa shape index (κ2) is 4.62. The zero-order valence-corrected chi connectivity index (χ0v) is 10.5. The Kier molecular flexibility index (Phi) is 3.18. The predicted octanol–water partition coefficient (Wildman–Crippen LogP) is 2.67. The van der Waals surface area contributed by atoms with Crippen LogP contribution in [0.2, 0.25) is 0 Å². The van der Waals surface area contributed by atoms with E-state index in [1.165, 1.54) is 0 Å². The van der Waals surface area contributed by atoms with E-state index in [1.54, 1.807) is 10.7 Å². The molecule has 3 heteroatoms. The zero-order chi connectivity index (χ0) is 12.4. The first-order valence-electron chi connectivity index (χ1n) is 5.94. The molecular weight excluding hydrogens is 212 g/mol. The smallest absolute Gasteiger partial charge is 0.271 e. The van der Waals surface area contributed by atoms with Gasteiger partial charge in [0.25, 0.3) is 5.56 Å². The van der Waals surface area contributed by atoms with E-state index >= 15 is 0 Å². The summed E-state index contributed by atoms with van der Waals surface area (Å²) < 4.78 is 1.60. The molecule has 17 heavy (non-hydrogen) atoms. The lowest BCUT2D eigenvalue weighted by Gasteiger charge is -2.04. The molecule has 1 aromatic carbocycles. The standard InChI is InChI=1S/C14H18N2O/c1-10(2)7-12-9-14(17)16(15-12)13-6-4-5-11(3)8-13/h4-6,8-10,15H,7H2,1-3H3. The number of nitrogens with zero attached hydrogens (tertiary/aromatic N) is 1. The Labute approximate surface area is 101 Å². The van der Waals surface area contributed by atoms with Gasteiger partial charge in [0.15, 0.2) is 0 Å². The van der Waals surface area contributed by atoms with Crippen molar-refractivity contribution in [2.24, 2.45) is 5.92 Å². The fourth-order valence-corrected chi connectivity index (χ4v) is 1.95. The van der Waals surface area contributed by atoms with Crippen LogP contribution in [0.25, 0.3) is 5.69 Å². The van der Waals surface area contributed by atoms with Gasteiger partial charge in [-0.2, -0.15) is 0 Å². The Morgan fingerprint density at radius 3 is 2.71 bits per heavy atom. The van der Waals surface area contributed by atoms with Crippen molar-refractivity contribution in [1.29, 1.82) is 0 Å². The number of hydrogen-bond acceptors (Lipinski definition) is 1. The summed E-state index contributed by atoms with van der Waals surface area (Å²) in [6, 6.07) is 9.59. The first-order chi connectivity index (χ1) is 8.06. The molecule has 0 aliphatic rings. The summed E-state index contributed by atoms with van der Waals surface area (Å²) in [6.45, 7) is 6.30. The minimum absolute atomic E-state index is 0.00579. The van der Waals surface area contributed by atoms with E-state index in [0.717, 1.165) is 23.4 Å². The number of aromatic nitrogens is 2. The molecule has 0 amide bonds. The summed E-state index contributed by atoms with van der Waals surface area (Å²) in [7, 11) is 0. The van der Waals surface area contributed by atoms with Crippen LogP contribution < -0.4 is 5.56 Å². The van der Waals surface area contributed by atoms with Crippen molar-refractivity contribution in [1.82, 2.24) is 9.78 Å². The monoisotopic (exact) mass is 230 g/mol. The highest BCUT2D eigenvalue weighted by molar-refractivity contribution is 5.34. The lowest BCUT2D eigenvalue weighted by atomic mass is 10.1. The second-order valence-corrected chi connectivity index (χ2v) is 4.89. The average molecular weight is 230 g/mol. The van der Waals surface area contributed by atoms with Gasteiger partial charge in [-0.3, -0.25) is 9.89 Å². The molecule has 0 saturated carbocycles. The highest BCUT2D eigenvalue weighted by Gasteiger charge is 2.06. The van der Waals surface area contributed by atoms with E-state index in [9.17, 15) is 4.79 Å². The van der Waals surface area contributed by atoms with E-state index in [4.69, 9.17) is 0 Å². The maximum absolute atomic E-state index is 11.9. The van der Waals surface area contributed by atoms with Crippen LogP contribution in [0.4, 0.5) is 0 Å². The molecule has 3 nitrogen and oxygen atoms in total. The normalized spacial score (nSPS) is 11.1. The van der Waals surface area contributed by atoms with E-state index in [2.05, 4.69) is 18.9 Å². The molecule has 1 aromatic heterocycles. The van der Waals surface area contributed by atoms with Gasteiger partial charge in [0.05, 0.1) is 5.69 Å². The number of aromatic amines is 1. The van der Waals surface area contributed by atoms with Crippen molar-refractivity contribution in [2.45, 2.75) is 27.2 Å². The molecule has 0 saturated heterocycles. The summed E-state index contributed by atoms with van der Waals surface area (Å²) in [4.78, 5) is 11.9. The van der Waals surface area contributed by atoms with Crippen LogP contribution in [-0.4, -0.2) is 9.78 Å². The SMILES string of the molecule is Cc1cccc(-n2[nH]c(CC(C)C)cc2=O)c1. The van der Waals surface area contributed by atoms with E-state index < -0.39 is 0 Å². The van der Waals surface area contributed by atoms with Gasteiger partial charge in [-0.25, -0.2) is 4.68 Å². The third-order valence-corrected chi connectivity index (χ3v) is 2.66. The summed E-state index contributed by atoms with van der Waals surface area (Å²) in [5, 5.41) is 3.16. The molecule has 0 bridgehead atoms. The number of hydrogen-bond donors (Lipinski definition) is 1. The van der Waals surface area contributed by atoms with Crippen LogP contribution in [0.15, 0.2) is 35.1 Å². The predicted molar refractivity (Wildman–Crippen MR) is 69.7 cm³/mol. The maximum atomic E-state index is 11.9. The molecular formula is C14H18N2O. The van der Waals surface area contributed by atoms with Gasteiger partial charge in [-0.15, -0.1) is 0 Å². The van der Waals surface area contributed by atoms with E-state index in [1.807, 2.05) is 31.2 Å². The lowest BCUT2D eigenvalue weighted by molar-refractivity contribution is 0.628. The highest BCUT2D eigenvalue weighted by atomic mass is 16.1. The van der Waals surface area contributed by atoms with Gasteiger partial charge >= 0.3 is 0 Å². The molecule has 1 heterocycles. The fraction of sp³-hybridized carbons (Fsp3) is 0.357. The number of aryl methyl sites for hydroxylation is 1. The van der Waals surface area contributed by atoms with Crippen molar-refractivity contribution >= 4 is 0 Å². The Bertz CT molecular complexity index is 564. The van der Waals surface area contributed by atoms with Gasteiger partial charge in [-0.05, 0) is 37.0 Å². The van der Waals surface area contributed by atoms with Crippen LogP contribution in [0.3, 0.4) is 0 Å². The van der Waals surface area contributed by atoms with Crippen molar-refractivity contribution in [2.75, 3.05) is 0 Å². The van der Waals surface area contributed by atoms with Crippen molar-refractivity contribution in [3.05, 3.63) is 51.9 Å². The molecule has 0 atom stereocenters. The summed E-state index contributed by atoms with van der Waals surface area (Å²) in [5.74, 6) is 0.541. The van der Waals surface area contributed by atoms with Crippen LogP contribution >= 0.6 is 0 Å². The van der Waals surface area contributed by atoms with Crippen LogP contribution in [0.1, 0.15) is 25.1 Å². The number of H-pyrrole nitrogens is 1. The first kappa shape index (κ1) is 11.7. The molecule has 0 fully saturated rings. The fourth-order valence-electron chi connectivity index (χ4n) is 1.95. The molecule has 0 spiro atoms. The van der Waals surface area contributed by atoms with Crippen LogP contribution in [-0.2, 0) is 6.42 Å². The van der Waals surface area contributed by atoms with E-state index in [-0.39, 0.29) is 5.56 Å². The average Bonchev–Trinajstić information content (AvgIpc) is 2.58. The van der Waals surface area contributed by atoms with Crippen molar-refractivity contribution in [3.8, 4) is 5.69 Å². The first-order valence-corrected chi connectivity index (χ1v) is 5.94. The van der Waals surface area contributed by atoms with Gasteiger partial charge in [-0.1, -0.05) is 26.0 Å². The molecule has 0 aliphatic carbocycles. The number of rotatable bonds is 3. The minimum atomic E-state index is 0.00579. The zero-order valence-electron chi connectivity index (χ0n) is 10.5. The maximum Gasteiger partial charge on any atom is 0.271 e. The van der Waals surface area contributed by atoms with Gasteiger partial charge in [0, 0.05) is 11.8 Å². The highest BCUT2D eigenvalue weighted by Crippen LogP contribution is 2.09. The largest absolute Gasteiger partial charge is 0.295 e. The Morgan fingerprint density at radius 1 is 1.29 bits per heavy atom. The third kappa shape index (κ3) is 2.67. The van der Waals surface area contributed by atoms with Crippen LogP contribution in [0.5, 0.6) is 0 Å². The topological polar surface area (TPSA) is 37.8 Å². The molecule has 1 N–H and O–H groups in total. The Balaban J connectivity index is 2.39. The van der Waals surface area contributed by atoms with Gasteiger partial charge in [0.1, 0.15) is 0 Å². The van der Waals surface area contributed by atoms with E-state index in [0.29, 0.717) is 5.92 Å². The molecule has 0 aliphatic heterocycles. The molecule has 0 unspecified atom stereocenters. The number of nitrogens with one attached hydrogen (secondary N) is 1.